The van der Waals surface area contributed by atoms with Gasteiger partial charge in [-0.05, 0) is 26.7 Å². The number of anilines is 2. The molecule has 1 fully saturated rings. The molecule has 0 saturated heterocycles. The molecule has 18 heavy (non-hydrogen) atoms. The van der Waals surface area contributed by atoms with Crippen molar-refractivity contribution in [2.45, 2.75) is 38.1 Å². The van der Waals surface area contributed by atoms with E-state index in [1.54, 1.807) is 19.9 Å². The molecule has 1 aliphatic carbocycles. The Morgan fingerprint density at radius 2 is 2.00 bits per heavy atom. The molecule has 1 heterocycles. The van der Waals surface area contributed by atoms with Crippen molar-refractivity contribution in [2.75, 3.05) is 10.7 Å². The van der Waals surface area contributed by atoms with E-state index in [2.05, 4.69) is 20.7 Å². The Morgan fingerprint density at radius 3 is 2.50 bits per heavy atom. The van der Waals surface area contributed by atoms with E-state index in [4.69, 9.17) is 11.6 Å². The van der Waals surface area contributed by atoms with E-state index < -0.39 is 11.4 Å². The van der Waals surface area contributed by atoms with Gasteiger partial charge < -0.3 is 16.5 Å². The third-order valence-corrected chi connectivity index (χ3v) is 2.89. The van der Waals surface area contributed by atoms with Gasteiger partial charge in [0.15, 0.2) is 0 Å². The summed E-state index contributed by atoms with van der Waals surface area (Å²) in [5, 5.41) is 2.99. The Labute approximate surface area is 105 Å². The molecule has 7 nitrogen and oxygen atoms in total. The normalized spacial score (nSPS) is 15.3. The second-order valence-electron chi connectivity index (χ2n) is 5.03. The van der Waals surface area contributed by atoms with Crippen LogP contribution in [0.2, 0.25) is 0 Å². The zero-order valence-corrected chi connectivity index (χ0v) is 10.5. The number of nitrogens with zero attached hydrogens (tertiary/aromatic N) is 2. The number of hydrogen-bond acceptors (Lipinski definition) is 6. The van der Waals surface area contributed by atoms with E-state index in [0.29, 0.717) is 17.6 Å². The zero-order valence-electron chi connectivity index (χ0n) is 10.5. The molecule has 0 radical (unpaired) electrons. The first-order chi connectivity index (χ1) is 8.42. The molecule has 0 aliphatic heterocycles. The monoisotopic (exact) mass is 250 g/mol. The quantitative estimate of drug-likeness (QED) is 0.441. The standard InChI is InChI=1S/C11H18N6O/c1-11(2,10(12)18)16-7-5-8(17-13)15-9(14-7)6-3-4-6/h5-6H,3-4,13H2,1-2H3,(H2,12,18)(H2,14,15,16,17). The van der Waals surface area contributed by atoms with Crippen molar-refractivity contribution in [1.29, 1.82) is 0 Å². The topological polar surface area (TPSA) is 119 Å². The molecule has 1 aromatic rings. The molecule has 6 N–H and O–H groups in total. The van der Waals surface area contributed by atoms with Gasteiger partial charge in [-0.25, -0.2) is 15.8 Å². The summed E-state index contributed by atoms with van der Waals surface area (Å²) in [6, 6.07) is 1.65. The van der Waals surface area contributed by atoms with E-state index in [1.807, 2.05) is 0 Å². The molecule has 0 atom stereocenters. The fraction of sp³-hybridized carbons (Fsp3) is 0.545. The molecule has 0 spiro atoms. The molecule has 1 aromatic heterocycles. The molecule has 0 aromatic carbocycles. The largest absolute Gasteiger partial charge is 0.368 e. The molecule has 1 amide bonds. The Hall–Kier alpha value is -1.89. The molecule has 0 unspecified atom stereocenters. The first kappa shape index (κ1) is 12.6. The summed E-state index contributed by atoms with van der Waals surface area (Å²) in [4.78, 5) is 20.0. The van der Waals surface area contributed by atoms with E-state index in [1.165, 1.54) is 0 Å². The fourth-order valence-corrected chi connectivity index (χ4v) is 1.51. The van der Waals surface area contributed by atoms with Crippen molar-refractivity contribution in [3.8, 4) is 0 Å². The van der Waals surface area contributed by atoms with Crippen LogP contribution in [0.15, 0.2) is 6.07 Å². The van der Waals surface area contributed by atoms with Gasteiger partial charge in [-0.3, -0.25) is 4.79 Å². The fourth-order valence-electron chi connectivity index (χ4n) is 1.51. The van der Waals surface area contributed by atoms with Crippen molar-refractivity contribution < 1.29 is 4.79 Å². The van der Waals surface area contributed by atoms with E-state index in [0.717, 1.165) is 18.7 Å². The second-order valence-corrected chi connectivity index (χ2v) is 5.03. The highest BCUT2D eigenvalue weighted by molar-refractivity contribution is 5.86. The lowest BCUT2D eigenvalue weighted by Gasteiger charge is -2.23. The van der Waals surface area contributed by atoms with Crippen LogP contribution in [-0.4, -0.2) is 21.4 Å². The van der Waals surface area contributed by atoms with Gasteiger partial charge in [-0.1, -0.05) is 0 Å². The maximum absolute atomic E-state index is 11.3. The number of nitrogens with two attached hydrogens (primary N) is 2. The molecule has 7 heteroatoms. The highest BCUT2D eigenvalue weighted by Crippen LogP contribution is 2.38. The van der Waals surface area contributed by atoms with Gasteiger partial charge in [0.1, 0.15) is 23.0 Å². The van der Waals surface area contributed by atoms with Crippen LogP contribution in [0.1, 0.15) is 38.4 Å². The smallest absolute Gasteiger partial charge is 0.242 e. The molecular formula is C11H18N6O. The maximum Gasteiger partial charge on any atom is 0.242 e. The summed E-state index contributed by atoms with van der Waals surface area (Å²) in [6.07, 6.45) is 2.18. The molecule has 0 bridgehead atoms. The lowest BCUT2D eigenvalue weighted by molar-refractivity contribution is -0.121. The van der Waals surface area contributed by atoms with Gasteiger partial charge in [0.05, 0.1) is 0 Å². The lowest BCUT2D eigenvalue weighted by atomic mass is 10.1. The Kier molecular flexibility index (Phi) is 3.08. The Balaban J connectivity index is 2.26. The molecular weight excluding hydrogens is 232 g/mol. The predicted molar refractivity (Wildman–Crippen MR) is 68.7 cm³/mol. The van der Waals surface area contributed by atoms with Crippen LogP contribution in [0.5, 0.6) is 0 Å². The van der Waals surface area contributed by atoms with E-state index >= 15 is 0 Å². The second kappa shape index (κ2) is 4.41. The number of hydrazine groups is 1. The summed E-state index contributed by atoms with van der Waals surface area (Å²) in [5.41, 5.74) is 6.94. The SMILES string of the molecule is CC(C)(Nc1cc(NN)nc(C2CC2)n1)C(N)=O. The predicted octanol–water partition coefficient (Wildman–Crippen LogP) is 0.315. The van der Waals surface area contributed by atoms with Crippen LogP contribution >= 0.6 is 0 Å². The summed E-state index contributed by atoms with van der Waals surface area (Å²) < 4.78 is 0. The lowest BCUT2D eigenvalue weighted by Crippen LogP contribution is -2.45. The molecule has 2 rings (SSSR count). The minimum atomic E-state index is -0.874. The minimum Gasteiger partial charge on any atom is -0.368 e. The van der Waals surface area contributed by atoms with Crippen LogP contribution in [0.3, 0.4) is 0 Å². The number of primary amides is 1. The summed E-state index contributed by atoms with van der Waals surface area (Å²) >= 11 is 0. The number of rotatable bonds is 5. The highest BCUT2D eigenvalue weighted by Gasteiger charge is 2.29. The number of nitrogen functional groups attached to an aromatic ring is 1. The first-order valence-electron chi connectivity index (χ1n) is 5.86. The van der Waals surface area contributed by atoms with Crippen LogP contribution in [0.4, 0.5) is 11.6 Å². The number of carbonyl (C=O) groups is 1. The van der Waals surface area contributed by atoms with Crippen molar-refractivity contribution >= 4 is 17.5 Å². The highest BCUT2D eigenvalue weighted by atomic mass is 16.1. The van der Waals surface area contributed by atoms with Crippen LogP contribution in [0, 0.1) is 0 Å². The first-order valence-corrected chi connectivity index (χ1v) is 5.86. The number of amides is 1. The maximum atomic E-state index is 11.3. The minimum absolute atomic E-state index is 0.399. The average molecular weight is 250 g/mol. The van der Waals surface area contributed by atoms with Crippen LogP contribution < -0.4 is 22.3 Å². The third-order valence-electron chi connectivity index (χ3n) is 2.89. The van der Waals surface area contributed by atoms with Gasteiger partial charge in [-0.2, -0.15) is 0 Å². The van der Waals surface area contributed by atoms with Crippen LogP contribution in [0.25, 0.3) is 0 Å². The van der Waals surface area contributed by atoms with Crippen molar-refractivity contribution in [2.24, 2.45) is 11.6 Å². The number of hydrogen-bond donors (Lipinski definition) is 4. The van der Waals surface area contributed by atoms with E-state index in [9.17, 15) is 4.79 Å². The summed E-state index contributed by atoms with van der Waals surface area (Å²) in [7, 11) is 0. The number of carbonyl (C=O) groups excluding carboxylic acids is 1. The van der Waals surface area contributed by atoms with Crippen molar-refractivity contribution in [3.63, 3.8) is 0 Å². The average Bonchev–Trinajstić information content (AvgIpc) is 3.11. The molecule has 1 aliphatic rings. The van der Waals surface area contributed by atoms with Crippen molar-refractivity contribution in [3.05, 3.63) is 11.9 Å². The third kappa shape index (κ3) is 2.67. The van der Waals surface area contributed by atoms with Crippen molar-refractivity contribution in [1.82, 2.24) is 9.97 Å². The van der Waals surface area contributed by atoms with Gasteiger partial charge in [-0.15, -0.1) is 0 Å². The number of nitrogens with one attached hydrogen (secondary N) is 2. The van der Waals surface area contributed by atoms with Gasteiger partial charge >= 0.3 is 0 Å². The zero-order chi connectivity index (χ0) is 13.3. The molecule has 98 valence electrons. The Bertz CT molecular complexity index is 469. The Morgan fingerprint density at radius 1 is 1.39 bits per heavy atom. The summed E-state index contributed by atoms with van der Waals surface area (Å²) in [5.74, 6) is 7.13. The van der Waals surface area contributed by atoms with Gasteiger partial charge in [0, 0.05) is 12.0 Å². The molecule has 1 saturated carbocycles. The number of aromatic nitrogens is 2. The summed E-state index contributed by atoms with van der Waals surface area (Å²) in [6.45, 7) is 3.40. The van der Waals surface area contributed by atoms with E-state index in [-0.39, 0.29) is 0 Å². The van der Waals surface area contributed by atoms with Gasteiger partial charge in [0.25, 0.3) is 0 Å². The van der Waals surface area contributed by atoms with Crippen LogP contribution in [-0.2, 0) is 4.79 Å². The van der Waals surface area contributed by atoms with Gasteiger partial charge in [0.2, 0.25) is 5.91 Å².